The Kier molecular flexibility index (Phi) is 6.80. The van der Waals surface area contributed by atoms with Crippen molar-refractivity contribution in [3.05, 3.63) is 24.3 Å². The molecule has 0 aromatic heterocycles. The first kappa shape index (κ1) is 17.1. The molecular weight excluding hydrogens is 287 g/mol. The van der Waals surface area contributed by atoms with Crippen molar-refractivity contribution < 1.29 is 22.6 Å². The number of guanidine groups is 1. The number of alkyl halides is 3. The van der Waals surface area contributed by atoms with Gasteiger partial charge in [-0.1, -0.05) is 0 Å². The van der Waals surface area contributed by atoms with E-state index in [2.05, 4.69) is 15.0 Å². The standard InChI is InChI=1S/C13H18F3N3O2/c1-2-20-9-3-8-18-12(17)19-10-4-6-11(7-5-10)21-13(14,15)16/h4-7H,2-3,8-9H2,1H3,(H3,17,18,19). The second-order valence-corrected chi connectivity index (χ2v) is 4.01. The maximum Gasteiger partial charge on any atom is 0.573 e. The molecule has 0 aliphatic rings. The van der Waals surface area contributed by atoms with E-state index in [1.54, 1.807) is 0 Å². The molecule has 5 nitrogen and oxygen atoms in total. The largest absolute Gasteiger partial charge is 0.573 e. The highest BCUT2D eigenvalue weighted by atomic mass is 19.4. The Bertz CT molecular complexity index is 447. The van der Waals surface area contributed by atoms with Crippen molar-refractivity contribution in [3.8, 4) is 5.75 Å². The molecule has 0 bridgehead atoms. The Hall–Kier alpha value is -1.96. The molecule has 0 atom stereocenters. The normalized spacial score (nSPS) is 12.3. The van der Waals surface area contributed by atoms with Gasteiger partial charge in [0.25, 0.3) is 0 Å². The Morgan fingerprint density at radius 1 is 1.29 bits per heavy atom. The summed E-state index contributed by atoms with van der Waals surface area (Å²) in [6.07, 6.45) is -3.95. The number of benzene rings is 1. The Labute approximate surface area is 120 Å². The number of ether oxygens (including phenoxy) is 2. The van der Waals surface area contributed by atoms with Crippen LogP contribution >= 0.6 is 0 Å². The van der Waals surface area contributed by atoms with Gasteiger partial charge in [-0.25, -0.2) is 0 Å². The van der Waals surface area contributed by atoms with E-state index in [4.69, 9.17) is 10.5 Å². The molecule has 21 heavy (non-hydrogen) atoms. The molecule has 0 aliphatic carbocycles. The van der Waals surface area contributed by atoms with E-state index >= 15 is 0 Å². The maximum absolute atomic E-state index is 12.0. The first-order chi connectivity index (χ1) is 9.90. The third-order valence-corrected chi connectivity index (χ3v) is 2.29. The van der Waals surface area contributed by atoms with Crippen LogP contribution in [0.15, 0.2) is 29.3 Å². The highest BCUT2D eigenvalue weighted by molar-refractivity contribution is 5.92. The van der Waals surface area contributed by atoms with Gasteiger partial charge in [0, 0.05) is 25.4 Å². The molecule has 0 heterocycles. The molecule has 0 amide bonds. The molecular formula is C13H18F3N3O2. The number of nitrogens with two attached hydrogens (primary N) is 1. The third-order valence-electron chi connectivity index (χ3n) is 2.29. The van der Waals surface area contributed by atoms with Crippen LogP contribution in [-0.2, 0) is 4.74 Å². The van der Waals surface area contributed by atoms with Gasteiger partial charge in [0.15, 0.2) is 5.96 Å². The molecule has 0 aliphatic heterocycles. The van der Waals surface area contributed by atoms with Gasteiger partial charge in [-0.2, -0.15) is 0 Å². The van der Waals surface area contributed by atoms with Crippen LogP contribution in [0.4, 0.5) is 18.9 Å². The van der Waals surface area contributed by atoms with Gasteiger partial charge in [-0.15, -0.1) is 13.2 Å². The number of anilines is 1. The average molecular weight is 305 g/mol. The number of aliphatic imine (C=N–C) groups is 1. The Morgan fingerprint density at radius 3 is 2.52 bits per heavy atom. The summed E-state index contributed by atoms with van der Waals surface area (Å²) in [5.41, 5.74) is 6.17. The molecule has 0 spiro atoms. The number of hydrogen-bond acceptors (Lipinski definition) is 3. The smallest absolute Gasteiger partial charge is 0.406 e. The second-order valence-electron chi connectivity index (χ2n) is 4.01. The minimum absolute atomic E-state index is 0.191. The predicted octanol–water partition coefficient (Wildman–Crippen LogP) is 2.74. The van der Waals surface area contributed by atoms with Crippen molar-refractivity contribution in [3.63, 3.8) is 0 Å². The maximum atomic E-state index is 12.0. The zero-order chi connectivity index (χ0) is 15.7. The summed E-state index contributed by atoms with van der Waals surface area (Å²) in [4.78, 5) is 4.07. The van der Waals surface area contributed by atoms with Crippen molar-refractivity contribution in [2.45, 2.75) is 19.7 Å². The first-order valence-corrected chi connectivity index (χ1v) is 6.41. The summed E-state index contributed by atoms with van der Waals surface area (Å²) < 4.78 is 44.9. The molecule has 3 N–H and O–H groups in total. The monoisotopic (exact) mass is 305 g/mol. The molecule has 1 aromatic rings. The lowest BCUT2D eigenvalue weighted by Gasteiger charge is -2.10. The lowest BCUT2D eigenvalue weighted by Crippen LogP contribution is -2.23. The average Bonchev–Trinajstić information content (AvgIpc) is 2.39. The van der Waals surface area contributed by atoms with Crippen LogP contribution in [0.5, 0.6) is 5.75 Å². The van der Waals surface area contributed by atoms with E-state index in [0.29, 0.717) is 25.4 Å². The van der Waals surface area contributed by atoms with Crippen LogP contribution in [0, 0.1) is 0 Å². The van der Waals surface area contributed by atoms with Crippen molar-refractivity contribution in [2.75, 3.05) is 25.1 Å². The summed E-state index contributed by atoms with van der Waals surface area (Å²) in [5.74, 6) is -0.101. The second kappa shape index (κ2) is 8.35. The zero-order valence-corrected chi connectivity index (χ0v) is 11.6. The fourth-order valence-electron chi connectivity index (χ4n) is 1.44. The van der Waals surface area contributed by atoms with Crippen LogP contribution in [0.3, 0.4) is 0 Å². The van der Waals surface area contributed by atoms with Gasteiger partial charge >= 0.3 is 6.36 Å². The number of rotatable bonds is 7. The van der Waals surface area contributed by atoms with E-state index in [1.807, 2.05) is 6.92 Å². The number of nitrogens with zero attached hydrogens (tertiary/aromatic N) is 1. The fraction of sp³-hybridized carbons (Fsp3) is 0.462. The topological polar surface area (TPSA) is 68.9 Å². The zero-order valence-electron chi connectivity index (χ0n) is 11.6. The molecule has 0 fully saturated rings. The van der Waals surface area contributed by atoms with Gasteiger partial charge in [0.1, 0.15) is 5.75 Å². The van der Waals surface area contributed by atoms with Crippen LogP contribution in [0.25, 0.3) is 0 Å². The predicted molar refractivity (Wildman–Crippen MR) is 74.3 cm³/mol. The van der Waals surface area contributed by atoms with Crippen molar-refractivity contribution >= 4 is 11.6 Å². The van der Waals surface area contributed by atoms with E-state index in [0.717, 1.165) is 6.42 Å². The fourth-order valence-corrected chi connectivity index (χ4v) is 1.44. The number of nitrogens with one attached hydrogen (secondary N) is 1. The lowest BCUT2D eigenvalue weighted by atomic mass is 10.3. The number of halogens is 3. The van der Waals surface area contributed by atoms with Gasteiger partial charge in [-0.3, -0.25) is 4.99 Å². The minimum atomic E-state index is -4.70. The summed E-state index contributed by atoms with van der Waals surface area (Å²) in [6.45, 7) is 3.68. The molecule has 118 valence electrons. The molecule has 8 heteroatoms. The number of hydrogen-bond donors (Lipinski definition) is 2. The van der Waals surface area contributed by atoms with E-state index in [9.17, 15) is 13.2 Å². The molecule has 1 rings (SSSR count). The molecule has 1 aromatic carbocycles. The molecule has 0 radical (unpaired) electrons. The van der Waals surface area contributed by atoms with E-state index < -0.39 is 6.36 Å². The highest BCUT2D eigenvalue weighted by Crippen LogP contribution is 2.23. The summed E-state index contributed by atoms with van der Waals surface area (Å²) in [7, 11) is 0. The summed E-state index contributed by atoms with van der Waals surface area (Å²) in [6, 6.07) is 5.23. The van der Waals surface area contributed by atoms with Gasteiger partial charge in [0.2, 0.25) is 0 Å². The van der Waals surface area contributed by atoms with E-state index in [1.165, 1.54) is 24.3 Å². The van der Waals surface area contributed by atoms with Crippen molar-refractivity contribution in [1.82, 2.24) is 0 Å². The summed E-state index contributed by atoms with van der Waals surface area (Å²) >= 11 is 0. The summed E-state index contributed by atoms with van der Waals surface area (Å²) in [5, 5.41) is 2.77. The van der Waals surface area contributed by atoms with Gasteiger partial charge < -0.3 is 20.5 Å². The van der Waals surface area contributed by atoms with Crippen molar-refractivity contribution in [1.29, 1.82) is 0 Å². The van der Waals surface area contributed by atoms with Crippen LogP contribution in [0.1, 0.15) is 13.3 Å². The SMILES string of the molecule is CCOCCCN=C(N)Nc1ccc(OC(F)(F)F)cc1. The Morgan fingerprint density at radius 2 is 1.95 bits per heavy atom. The first-order valence-electron chi connectivity index (χ1n) is 6.41. The van der Waals surface area contributed by atoms with Crippen LogP contribution < -0.4 is 15.8 Å². The van der Waals surface area contributed by atoms with Gasteiger partial charge in [-0.05, 0) is 37.6 Å². The Balaban J connectivity index is 2.42. The molecule has 0 unspecified atom stereocenters. The minimum Gasteiger partial charge on any atom is -0.406 e. The quantitative estimate of drug-likeness (QED) is 0.462. The third kappa shape index (κ3) is 8.03. The molecule has 0 saturated carbocycles. The van der Waals surface area contributed by atoms with Crippen LogP contribution in [-0.4, -0.2) is 32.1 Å². The molecule has 0 saturated heterocycles. The highest BCUT2D eigenvalue weighted by Gasteiger charge is 2.30. The van der Waals surface area contributed by atoms with Gasteiger partial charge in [0.05, 0.1) is 0 Å². The van der Waals surface area contributed by atoms with Crippen molar-refractivity contribution in [2.24, 2.45) is 10.7 Å². The van der Waals surface area contributed by atoms with E-state index in [-0.39, 0.29) is 11.7 Å². The lowest BCUT2D eigenvalue weighted by molar-refractivity contribution is -0.274. The van der Waals surface area contributed by atoms with Crippen LogP contribution in [0.2, 0.25) is 0 Å².